The fourth-order valence-corrected chi connectivity index (χ4v) is 2.91. The fraction of sp³-hybridized carbons (Fsp3) is 0.429. The molecule has 0 amide bonds. The minimum atomic E-state index is -1.63. The van der Waals surface area contributed by atoms with Crippen LogP contribution in [-0.2, 0) is 11.2 Å². The third kappa shape index (κ3) is 4.42. The molecule has 0 aliphatic heterocycles. The average Bonchev–Trinajstić information content (AvgIpc) is 2.67. The Hall–Kier alpha value is -2.87. The van der Waals surface area contributed by atoms with Crippen molar-refractivity contribution in [1.82, 2.24) is 25.3 Å². The van der Waals surface area contributed by atoms with Gasteiger partial charge in [0.1, 0.15) is 11.6 Å². The van der Waals surface area contributed by atoms with Crippen molar-refractivity contribution in [1.29, 1.82) is 0 Å². The molecule has 0 saturated carbocycles. The summed E-state index contributed by atoms with van der Waals surface area (Å²) in [5, 5.41) is 8.24. The summed E-state index contributed by atoms with van der Waals surface area (Å²) in [7, 11) is 1.91. The summed E-state index contributed by atoms with van der Waals surface area (Å²) in [5.41, 5.74) is -0.928. The molecule has 0 saturated heterocycles. The van der Waals surface area contributed by atoms with Crippen LogP contribution in [-0.4, -0.2) is 33.6 Å². The van der Waals surface area contributed by atoms with E-state index in [2.05, 4.69) is 44.4 Å². The highest BCUT2D eigenvalue weighted by Gasteiger charge is 2.24. The Morgan fingerprint density at radius 2 is 1.79 bits per heavy atom. The minimum absolute atomic E-state index is 0.114. The number of hydrogen-bond donors (Lipinski definition) is 2. The molecule has 0 radical (unpaired) electrons. The van der Waals surface area contributed by atoms with Crippen molar-refractivity contribution in [2.75, 3.05) is 19.0 Å². The number of aromatic nitrogens is 4. The zero-order chi connectivity index (χ0) is 21.2. The van der Waals surface area contributed by atoms with E-state index in [4.69, 9.17) is 4.74 Å². The largest absolute Gasteiger partial charge is 0.477 e. The van der Waals surface area contributed by atoms with E-state index in [-0.39, 0.29) is 11.4 Å². The van der Waals surface area contributed by atoms with Crippen molar-refractivity contribution in [2.24, 2.45) is 0 Å². The summed E-state index contributed by atoms with van der Waals surface area (Å²) in [6.07, 6.45) is 5.08. The van der Waals surface area contributed by atoms with Crippen molar-refractivity contribution in [3.63, 3.8) is 0 Å². The predicted octanol–water partition coefficient (Wildman–Crippen LogP) is 4.22. The number of halogens is 1. The molecule has 7 nitrogen and oxygen atoms in total. The van der Waals surface area contributed by atoms with Gasteiger partial charge >= 0.3 is 0 Å². The second-order valence-electron chi connectivity index (χ2n) is 7.76. The Morgan fingerprint density at radius 1 is 1.03 bits per heavy atom. The monoisotopic (exact) mass is 398 g/mol. The van der Waals surface area contributed by atoms with E-state index in [9.17, 15) is 4.39 Å². The minimum Gasteiger partial charge on any atom is -0.477 e. The van der Waals surface area contributed by atoms with E-state index >= 15 is 0 Å². The highest BCUT2D eigenvalue weighted by atomic mass is 19.1. The molecule has 29 heavy (non-hydrogen) atoms. The van der Waals surface area contributed by atoms with Crippen LogP contribution < -0.4 is 15.4 Å². The summed E-state index contributed by atoms with van der Waals surface area (Å²) < 4.78 is 19.9. The lowest BCUT2D eigenvalue weighted by atomic mass is 9.92. The highest BCUT2D eigenvalue weighted by Crippen LogP contribution is 2.33. The maximum absolute atomic E-state index is 14.2. The van der Waals surface area contributed by atoms with Crippen LogP contribution in [0.3, 0.4) is 0 Å². The maximum atomic E-state index is 14.2. The van der Waals surface area contributed by atoms with Crippen molar-refractivity contribution in [3.05, 3.63) is 42.1 Å². The van der Waals surface area contributed by atoms with Gasteiger partial charge in [-0.05, 0) is 64.7 Å². The number of anilines is 2. The topological polar surface area (TPSA) is 84.9 Å². The number of nitrogens with one attached hydrogen (secondary N) is 2. The van der Waals surface area contributed by atoms with E-state index in [0.29, 0.717) is 24.1 Å². The SMILES string of the molecule is CCOc1ncc(C(C)(C)NC)c2cc(Nc3ccnc(C(C)(C)F)n3)ncc12. The van der Waals surface area contributed by atoms with Gasteiger partial charge in [-0.2, -0.15) is 0 Å². The lowest BCUT2D eigenvalue weighted by molar-refractivity contribution is 0.206. The maximum Gasteiger partial charge on any atom is 0.222 e. The zero-order valence-corrected chi connectivity index (χ0v) is 17.7. The summed E-state index contributed by atoms with van der Waals surface area (Å²) in [6, 6.07) is 3.61. The summed E-state index contributed by atoms with van der Waals surface area (Å²) in [6.45, 7) is 9.44. The molecule has 0 spiro atoms. The number of pyridine rings is 2. The lowest BCUT2D eigenvalue weighted by Gasteiger charge is -2.26. The molecule has 3 aromatic rings. The Morgan fingerprint density at radius 3 is 2.45 bits per heavy atom. The van der Waals surface area contributed by atoms with E-state index in [1.54, 1.807) is 12.3 Å². The number of rotatable bonds is 7. The molecule has 8 heteroatoms. The van der Waals surface area contributed by atoms with Crippen LogP contribution in [0.25, 0.3) is 10.8 Å². The van der Waals surface area contributed by atoms with Gasteiger partial charge in [0.05, 0.1) is 12.0 Å². The normalized spacial score (nSPS) is 12.2. The standard InChI is InChI=1S/C21H27FN6O/c1-7-29-18-14-11-25-17(10-13(14)15(12-26-18)21(4,5)23-6)27-16-8-9-24-19(28-16)20(2,3)22/h8-12,23H,7H2,1-6H3,(H,24,25,27,28). The number of nitrogens with zero attached hydrogens (tertiary/aromatic N) is 4. The first-order valence-electron chi connectivity index (χ1n) is 9.56. The van der Waals surface area contributed by atoms with E-state index < -0.39 is 5.67 Å². The summed E-state index contributed by atoms with van der Waals surface area (Å²) >= 11 is 0. The van der Waals surface area contributed by atoms with Gasteiger partial charge in [-0.25, -0.2) is 24.3 Å². The summed E-state index contributed by atoms with van der Waals surface area (Å²) in [4.78, 5) is 17.2. The quantitative estimate of drug-likeness (QED) is 0.616. The van der Waals surface area contributed by atoms with Gasteiger partial charge < -0.3 is 15.4 Å². The molecule has 154 valence electrons. The van der Waals surface area contributed by atoms with Crippen LogP contribution in [0.5, 0.6) is 5.88 Å². The van der Waals surface area contributed by atoms with Crippen molar-refractivity contribution in [3.8, 4) is 5.88 Å². The van der Waals surface area contributed by atoms with Crippen molar-refractivity contribution >= 4 is 22.4 Å². The molecule has 0 unspecified atom stereocenters. The third-order valence-corrected chi connectivity index (χ3v) is 4.76. The molecule has 0 bridgehead atoms. The number of fused-ring (bicyclic) bond motifs is 1. The number of hydrogen-bond acceptors (Lipinski definition) is 7. The van der Waals surface area contributed by atoms with Gasteiger partial charge in [0.2, 0.25) is 5.88 Å². The number of alkyl halides is 1. The van der Waals surface area contributed by atoms with Crippen LogP contribution >= 0.6 is 0 Å². The first-order chi connectivity index (χ1) is 13.7. The van der Waals surface area contributed by atoms with Gasteiger partial charge in [0.15, 0.2) is 11.5 Å². The Balaban J connectivity index is 2.08. The first kappa shape index (κ1) is 20.9. The Labute approximate surface area is 170 Å². The molecular weight excluding hydrogens is 371 g/mol. The van der Waals surface area contributed by atoms with Crippen LogP contribution in [0.4, 0.5) is 16.0 Å². The van der Waals surface area contributed by atoms with E-state index in [1.165, 1.54) is 20.0 Å². The number of ether oxygens (including phenoxy) is 1. The molecule has 3 aromatic heterocycles. The van der Waals surface area contributed by atoms with Crippen LogP contribution in [0.15, 0.2) is 30.7 Å². The first-order valence-corrected chi connectivity index (χ1v) is 9.56. The van der Waals surface area contributed by atoms with Gasteiger partial charge in [-0.1, -0.05) is 0 Å². The van der Waals surface area contributed by atoms with Gasteiger partial charge in [0, 0.05) is 24.1 Å². The summed E-state index contributed by atoms with van der Waals surface area (Å²) in [5.74, 6) is 1.71. The zero-order valence-electron chi connectivity index (χ0n) is 17.7. The van der Waals surface area contributed by atoms with Crippen LogP contribution in [0.2, 0.25) is 0 Å². The van der Waals surface area contributed by atoms with Crippen molar-refractivity contribution in [2.45, 2.75) is 45.8 Å². The predicted molar refractivity (Wildman–Crippen MR) is 112 cm³/mol. The van der Waals surface area contributed by atoms with E-state index in [1.807, 2.05) is 26.2 Å². The van der Waals surface area contributed by atoms with Gasteiger partial charge in [0.25, 0.3) is 0 Å². The Kier molecular flexibility index (Phi) is 5.66. The average molecular weight is 398 g/mol. The molecule has 3 heterocycles. The molecule has 3 rings (SSSR count). The van der Waals surface area contributed by atoms with E-state index in [0.717, 1.165) is 16.3 Å². The van der Waals surface area contributed by atoms with Crippen LogP contribution in [0, 0.1) is 0 Å². The third-order valence-electron chi connectivity index (χ3n) is 4.76. The second-order valence-corrected chi connectivity index (χ2v) is 7.76. The van der Waals surface area contributed by atoms with Crippen LogP contribution in [0.1, 0.15) is 46.0 Å². The molecule has 0 aliphatic carbocycles. The lowest BCUT2D eigenvalue weighted by Crippen LogP contribution is -2.33. The highest BCUT2D eigenvalue weighted by molar-refractivity contribution is 5.91. The van der Waals surface area contributed by atoms with Gasteiger partial charge in [-0.15, -0.1) is 0 Å². The molecule has 2 N–H and O–H groups in total. The van der Waals surface area contributed by atoms with Gasteiger partial charge in [-0.3, -0.25) is 0 Å². The van der Waals surface area contributed by atoms with Crippen molar-refractivity contribution < 1.29 is 9.13 Å². The fourth-order valence-electron chi connectivity index (χ4n) is 2.91. The molecule has 0 aliphatic rings. The molecular formula is C21H27FN6O. The smallest absolute Gasteiger partial charge is 0.222 e. The molecule has 0 fully saturated rings. The molecule has 0 aromatic carbocycles. The second kappa shape index (κ2) is 7.87. The molecule has 0 atom stereocenters. The Bertz CT molecular complexity index is 1020.